The number of carboxylic acid groups (broad SMARTS) is 1. The summed E-state index contributed by atoms with van der Waals surface area (Å²) in [5, 5.41) is 9.85. The van der Waals surface area contributed by atoms with Crippen molar-refractivity contribution in [3.8, 4) is 11.5 Å². The number of ether oxygens (including phenoxy) is 1. The standard InChI is InChI=1S/C27H30FN3O3.CH2O2/c1-5-14-31(17-32)27(33)25-22(15-19-10-12-20(28)13-11-19)24(16-30-26(25)29-4)34-23-9-7-6-8-21(23)18(2)3;2-1-3/h6-13,16-18H,5,14-15H2,1-4H3,(H,29,30);1H,(H,2,3). The second-order valence-electron chi connectivity index (χ2n) is 8.38. The SMILES string of the molecule is CCCN(C=O)C(=O)c1c(NC)ncc(Oc2ccccc2C(C)C)c1Cc1ccc(F)cc1.O=CO. The molecule has 0 atom stereocenters. The maximum Gasteiger partial charge on any atom is 0.290 e. The zero-order valence-electron chi connectivity index (χ0n) is 21.4. The van der Waals surface area contributed by atoms with Crippen LogP contribution in [-0.4, -0.2) is 47.4 Å². The van der Waals surface area contributed by atoms with Crippen LogP contribution in [0.4, 0.5) is 10.2 Å². The van der Waals surface area contributed by atoms with Crippen LogP contribution in [0, 0.1) is 5.82 Å². The van der Waals surface area contributed by atoms with E-state index >= 15 is 0 Å². The Labute approximate surface area is 216 Å². The molecule has 3 aromatic rings. The van der Waals surface area contributed by atoms with Gasteiger partial charge in [0.25, 0.3) is 12.4 Å². The molecule has 1 heterocycles. The molecule has 0 radical (unpaired) electrons. The number of para-hydroxylation sites is 1. The molecule has 2 aromatic carbocycles. The Bertz CT molecular complexity index is 1200. The first-order valence-corrected chi connectivity index (χ1v) is 11.9. The number of halogens is 1. The van der Waals surface area contributed by atoms with Gasteiger partial charge in [-0.3, -0.25) is 19.3 Å². The fourth-order valence-corrected chi connectivity index (χ4v) is 3.78. The Morgan fingerprint density at radius 3 is 2.35 bits per heavy atom. The second kappa shape index (κ2) is 14.3. The molecule has 8 nitrogen and oxygen atoms in total. The molecule has 0 aliphatic rings. The highest BCUT2D eigenvalue weighted by Crippen LogP contribution is 2.36. The minimum Gasteiger partial charge on any atom is -0.483 e. The predicted molar refractivity (Wildman–Crippen MR) is 140 cm³/mol. The molecule has 2 amide bonds. The van der Waals surface area contributed by atoms with Crippen molar-refractivity contribution in [2.75, 3.05) is 18.9 Å². The summed E-state index contributed by atoms with van der Waals surface area (Å²) in [6, 6.07) is 13.8. The topological polar surface area (TPSA) is 109 Å². The van der Waals surface area contributed by atoms with Crippen molar-refractivity contribution in [3.63, 3.8) is 0 Å². The van der Waals surface area contributed by atoms with Crippen LogP contribution < -0.4 is 10.1 Å². The first-order valence-electron chi connectivity index (χ1n) is 11.9. The molecule has 9 heteroatoms. The van der Waals surface area contributed by atoms with Crippen molar-refractivity contribution in [2.45, 2.75) is 39.5 Å². The number of benzene rings is 2. The average molecular weight is 510 g/mol. The Kier molecular flexibility index (Phi) is 11.2. The summed E-state index contributed by atoms with van der Waals surface area (Å²) in [5.74, 6) is 0.821. The van der Waals surface area contributed by atoms with Crippen LogP contribution >= 0.6 is 0 Å². The van der Waals surface area contributed by atoms with Gasteiger partial charge in [0.15, 0.2) is 0 Å². The van der Waals surface area contributed by atoms with E-state index in [4.69, 9.17) is 14.6 Å². The molecule has 2 N–H and O–H groups in total. The van der Waals surface area contributed by atoms with Crippen LogP contribution in [0.25, 0.3) is 0 Å². The molecular formula is C28H32FN3O5. The molecule has 0 aliphatic heterocycles. The van der Waals surface area contributed by atoms with E-state index in [0.29, 0.717) is 35.7 Å². The van der Waals surface area contributed by atoms with Crippen LogP contribution in [0.15, 0.2) is 54.7 Å². The summed E-state index contributed by atoms with van der Waals surface area (Å²) in [4.78, 5) is 39.1. The number of hydrogen-bond donors (Lipinski definition) is 2. The van der Waals surface area contributed by atoms with Crippen LogP contribution in [0.5, 0.6) is 11.5 Å². The molecule has 3 rings (SSSR count). The highest BCUT2D eigenvalue weighted by Gasteiger charge is 2.26. The number of pyridine rings is 1. The first-order chi connectivity index (χ1) is 17.8. The van der Waals surface area contributed by atoms with Gasteiger partial charge < -0.3 is 15.2 Å². The van der Waals surface area contributed by atoms with E-state index in [1.807, 2.05) is 31.2 Å². The van der Waals surface area contributed by atoms with Crippen LogP contribution in [0.2, 0.25) is 0 Å². The minimum atomic E-state index is -0.464. The van der Waals surface area contributed by atoms with Crippen molar-refractivity contribution in [1.29, 1.82) is 0 Å². The van der Waals surface area contributed by atoms with Gasteiger partial charge in [-0.2, -0.15) is 0 Å². The molecule has 0 aliphatic carbocycles. The molecule has 0 fully saturated rings. The molecule has 196 valence electrons. The van der Waals surface area contributed by atoms with E-state index in [2.05, 4.69) is 24.1 Å². The zero-order valence-corrected chi connectivity index (χ0v) is 21.4. The largest absolute Gasteiger partial charge is 0.483 e. The van der Waals surface area contributed by atoms with Crippen LogP contribution in [0.3, 0.4) is 0 Å². The van der Waals surface area contributed by atoms with Gasteiger partial charge in [0, 0.05) is 25.6 Å². The van der Waals surface area contributed by atoms with E-state index in [0.717, 1.165) is 16.0 Å². The minimum absolute atomic E-state index is 0.220. The third-order valence-electron chi connectivity index (χ3n) is 5.51. The summed E-state index contributed by atoms with van der Waals surface area (Å²) in [6.07, 6.45) is 3.02. The van der Waals surface area contributed by atoms with Gasteiger partial charge in [0.1, 0.15) is 23.1 Å². The first kappa shape index (κ1) is 29.0. The van der Waals surface area contributed by atoms with Crippen molar-refractivity contribution >= 4 is 24.6 Å². The van der Waals surface area contributed by atoms with Crippen LogP contribution in [0.1, 0.15) is 60.2 Å². The number of carbonyl (C=O) groups excluding carboxylic acids is 2. The molecule has 0 saturated heterocycles. The van der Waals surface area contributed by atoms with Crippen molar-refractivity contribution in [2.24, 2.45) is 0 Å². The number of amides is 2. The molecule has 0 saturated carbocycles. The normalized spacial score (nSPS) is 10.2. The maximum atomic E-state index is 13.5. The van der Waals surface area contributed by atoms with E-state index in [-0.39, 0.29) is 36.7 Å². The van der Waals surface area contributed by atoms with E-state index in [1.54, 1.807) is 25.4 Å². The molecule has 0 unspecified atom stereocenters. The van der Waals surface area contributed by atoms with E-state index in [9.17, 15) is 14.0 Å². The number of carbonyl (C=O) groups is 3. The maximum absolute atomic E-state index is 13.5. The third-order valence-corrected chi connectivity index (χ3v) is 5.51. The average Bonchev–Trinajstić information content (AvgIpc) is 2.89. The molecule has 1 aromatic heterocycles. The lowest BCUT2D eigenvalue weighted by Gasteiger charge is -2.22. The van der Waals surface area contributed by atoms with Gasteiger partial charge in [-0.25, -0.2) is 9.37 Å². The number of rotatable bonds is 10. The molecule has 0 spiro atoms. The Balaban J connectivity index is 0.00000153. The summed E-state index contributed by atoms with van der Waals surface area (Å²) < 4.78 is 19.9. The molecule has 37 heavy (non-hydrogen) atoms. The number of imide groups is 1. The van der Waals surface area contributed by atoms with Crippen molar-refractivity contribution < 1.29 is 28.6 Å². The summed E-state index contributed by atoms with van der Waals surface area (Å²) in [5.41, 5.74) is 2.63. The monoisotopic (exact) mass is 509 g/mol. The van der Waals surface area contributed by atoms with Gasteiger partial charge in [-0.1, -0.05) is 51.1 Å². The fourth-order valence-electron chi connectivity index (χ4n) is 3.78. The highest BCUT2D eigenvalue weighted by molar-refractivity contribution is 6.05. The number of aromatic nitrogens is 1. The fraction of sp³-hybridized carbons (Fsp3) is 0.286. The van der Waals surface area contributed by atoms with E-state index in [1.165, 1.54) is 12.1 Å². The van der Waals surface area contributed by atoms with Crippen LogP contribution in [-0.2, 0) is 16.0 Å². The van der Waals surface area contributed by atoms with Crippen molar-refractivity contribution in [3.05, 3.63) is 82.8 Å². The molecular weight excluding hydrogens is 477 g/mol. The Hall–Kier alpha value is -4.27. The lowest BCUT2D eigenvalue weighted by molar-refractivity contribution is -0.123. The van der Waals surface area contributed by atoms with Crippen molar-refractivity contribution in [1.82, 2.24) is 9.88 Å². The third kappa shape index (κ3) is 7.60. The lowest BCUT2D eigenvalue weighted by atomic mass is 9.98. The smallest absolute Gasteiger partial charge is 0.290 e. The second-order valence-corrected chi connectivity index (χ2v) is 8.38. The summed E-state index contributed by atoms with van der Waals surface area (Å²) >= 11 is 0. The quantitative estimate of drug-likeness (QED) is 0.349. The zero-order chi connectivity index (χ0) is 27.4. The highest BCUT2D eigenvalue weighted by atomic mass is 19.1. The van der Waals surface area contributed by atoms with E-state index < -0.39 is 5.91 Å². The number of nitrogens with zero attached hydrogens (tertiary/aromatic N) is 2. The predicted octanol–water partition coefficient (Wildman–Crippen LogP) is 5.48. The van der Waals surface area contributed by atoms with Gasteiger partial charge >= 0.3 is 0 Å². The number of nitrogens with one attached hydrogen (secondary N) is 1. The van der Waals surface area contributed by atoms with Gasteiger partial charge in [-0.15, -0.1) is 0 Å². The van der Waals surface area contributed by atoms with Gasteiger partial charge in [0.05, 0.1) is 11.8 Å². The summed E-state index contributed by atoms with van der Waals surface area (Å²) in [7, 11) is 1.67. The Morgan fingerprint density at radius 1 is 1.14 bits per heavy atom. The number of hydrogen-bond acceptors (Lipinski definition) is 6. The Morgan fingerprint density at radius 2 is 1.78 bits per heavy atom. The summed E-state index contributed by atoms with van der Waals surface area (Å²) in [6.45, 7) is 6.07. The molecule has 0 bridgehead atoms. The van der Waals surface area contributed by atoms with Gasteiger partial charge in [-0.05, 0) is 41.7 Å². The number of anilines is 1. The van der Waals surface area contributed by atoms with Gasteiger partial charge in [0.2, 0.25) is 6.41 Å². The lowest BCUT2D eigenvalue weighted by Crippen LogP contribution is -2.32.